The molecule has 1 aromatic rings. The van der Waals surface area contributed by atoms with Gasteiger partial charge in [0.1, 0.15) is 0 Å². The Kier molecular flexibility index (Phi) is 6.21. The number of benzene rings is 1. The van der Waals surface area contributed by atoms with Gasteiger partial charge >= 0.3 is 0 Å². The van der Waals surface area contributed by atoms with Crippen LogP contribution in [-0.4, -0.2) is 50.1 Å². The first-order valence-corrected chi connectivity index (χ1v) is 8.28. The van der Waals surface area contributed by atoms with Gasteiger partial charge in [0.05, 0.1) is 13.2 Å². The van der Waals surface area contributed by atoms with Crippen molar-refractivity contribution in [3.05, 3.63) is 27.7 Å². The third-order valence-corrected chi connectivity index (χ3v) is 4.50. The van der Waals surface area contributed by atoms with Crippen molar-refractivity contribution in [2.24, 2.45) is 0 Å². The van der Waals surface area contributed by atoms with Crippen LogP contribution in [0.4, 0.5) is 5.69 Å². The molecular formula is C16H23BrN2O2. The van der Waals surface area contributed by atoms with Gasteiger partial charge in [0.2, 0.25) is 0 Å². The predicted octanol–water partition coefficient (Wildman–Crippen LogP) is 2.96. The lowest BCUT2D eigenvalue weighted by atomic mass is 10.0. The van der Waals surface area contributed by atoms with Crippen LogP contribution >= 0.6 is 15.9 Å². The number of nitrogens with zero attached hydrogens (tertiary/aromatic N) is 1. The fourth-order valence-corrected chi connectivity index (χ4v) is 3.34. The first-order chi connectivity index (χ1) is 10.1. The molecule has 0 saturated carbocycles. The smallest absolute Gasteiger partial charge is 0.160 e. The summed E-state index contributed by atoms with van der Waals surface area (Å²) in [5, 5.41) is 3.41. The molecule has 116 valence electrons. The monoisotopic (exact) mass is 354 g/mol. The molecular weight excluding hydrogens is 332 g/mol. The zero-order valence-corrected chi connectivity index (χ0v) is 14.3. The lowest BCUT2D eigenvalue weighted by molar-refractivity contribution is 0.0398. The average Bonchev–Trinajstić information content (AvgIpc) is 2.47. The van der Waals surface area contributed by atoms with Crippen LogP contribution in [-0.2, 0) is 11.2 Å². The molecule has 1 aromatic carbocycles. The molecule has 1 aliphatic heterocycles. The number of nitrogens with one attached hydrogen (secondary N) is 1. The summed E-state index contributed by atoms with van der Waals surface area (Å²) in [4.78, 5) is 14.2. The molecule has 2 rings (SSSR count). The maximum absolute atomic E-state index is 11.8. The Morgan fingerprint density at radius 1 is 1.38 bits per heavy atom. The highest BCUT2D eigenvalue weighted by Crippen LogP contribution is 2.26. The SMILES string of the molecule is CCc1c(Br)cc(NCCN2CCOCC2)cc1C(C)=O. The van der Waals surface area contributed by atoms with E-state index in [0.29, 0.717) is 0 Å². The number of halogens is 1. The quantitative estimate of drug-likeness (QED) is 0.797. The second-order valence-electron chi connectivity index (χ2n) is 5.27. The van der Waals surface area contributed by atoms with Gasteiger partial charge in [0.15, 0.2) is 5.78 Å². The van der Waals surface area contributed by atoms with Crippen molar-refractivity contribution in [2.45, 2.75) is 20.3 Å². The van der Waals surface area contributed by atoms with Crippen molar-refractivity contribution in [1.29, 1.82) is 0 Å². The van der Waals surface area contributed by atoms with Gasteiger partial charge in [0.25, 0.3) is 0 Å². The Bertz CT molecular complexity index is 499. The summed E-state index contributed by atoms with van der Waals surface area (Å²) >= 11 is 3.58. The van der Waals surface area contributed by atoms with Gasteiger partial charge < -0.3 is 10.1 Å². The van der Waals surface area contributed by atoms with E-state index in [9.17, 15) is 4.79 Å². The Morgan fingerprint density at radius 2 is 2.10 bits per heavy atom. The maximum atomic E-state index is 11.8. The Hall–Kier alpha value is -0.910. The number of ketones is 1. The highest BCUT2D eigenvalue weighted by atomic mass is 79.9. The summed E-state index contributed by atoms with van der Waals surface area (Å²) in [5.41, 5.74) is 2.89. The topological polar surface area (TPSA) is 41.6 Å². The second kappa shape index (κ2) is 7.92. The standard InChI is InChI=1S/C16H23BrN2O2/c1-3-14-15(12(2)20)10-13(11-16(14)17)18-4-5-19-6-8-21-9-7-19/h10-11,18H,3-9H2,1-2H3. The summed E-state index contributed by atoms with van der Waals surface area (Å²) in [7, 11) is 0. The van der Waals surface area contributed by atoms with Gasteiger partial charge in [-0.2, -0.15) is 0 Å². The first kappa shape index (κ1) is 16.5. The number of rotatable bonds is 6. The van der Waals surface area contributed by atoms with E-state index in [1.54, 1.807) is 6.92 Å². The predicted molar refractivity (Wildman–Crippen MR) is 89.3 cm³/mol. The summed E-state index contributed by atoms with van der Waals surface area (Å²) in [6.45, 7) is 9.20. The van der Waals surface area contributed by atoms with Crippen molar-refractivity contribution in [3.8, 4) is 0 Å². The van der Waals surface area contributed by atoms with Gasteiger partial charge in [-0.15, -0.1) is 0 Å². The maximum Gasteiger partial charge on any atom is 0.160 e. The Morgan fingerprint density at radius 3 is 2.71 bits per heavy atom. The first-order valence-electron chi connectivity index (χ1n) is 7.49. The van der Waals surface area contributed by atoms with Crippen LogP contribution in [0, 0.1) is 0 Å². The van der Waals surface area contributed by atoms with Gasteiger partial charge in [-0.3, -0.25) is 9.69 Å². The van der Waals surface area contributed by atoms with Crippen LogP contribution < -0.4 is 5.32 Å². The molecule has 0 aliphatic carbocycles. The number of hydrogen-bond donors (Lipinski definition) is 1. The summed E-state index contributed by atoms with van der Waals surface area (Å²) in [6, 6.07) is 4.02. The Labute approximate surface area is 135 Å². The molecule has 5 heteroatoms. The fourth-order valence-electron chi connectivity index (χ4n) is 2.60. The Balaban J connectivity index is 1.98. The van der Waals surface area contributed by atoms with Crippen molar-refractivity contribution < 1.29 is 9.53 Å². The summed E-state index contributed by atoms with van der Waals surface area (Å²) < 4.78 is 6.35. The van der Waals surface area contributed by atoms with Crippen molar-refractivity contribution in [1.82, 2.24) is 4.90 Å². The van der Waals surface area contributed by atoms with Crippen molar-refractivity contribution >= 4 is 27.4 Å². The van der Waals surface area contributed by atoms with E-state index in [-0.39, 0.29) is 5.78 Å². The number of carbonyl (C=O) groups excluding carboxylic acids is 1. The molecule has 1 heterocycles. The van der Waals surface area contributed by atoms with Crippen LogP contribution in [0.1, 0.15) is 29.8 Å². The van der Waals surface area contributed by atoms with Crippen molar-refractivity contribution in [2.75, 3.05) is 44.7 Å². The molecule has 21 heavy (non-hydrogen) atoms. The van der Waals surface area contributed by atoms with Crippen LogP contribution in [0.25, 0.3) is 0 Å². The third kappa shape index (κ3) is 4.53. The molecule has 0 radical (unpaired) electrons. The average molecular weight is 355 g/mol. The second-order valence-corrected chi connectivity index (χ2v) is 6.13. The number of carbonyl (C=O) groups is 1. The number of anilines is 1. The molecule has 1 saturated heterocycles. The molecule has 0 bridgehead atoms. The zero-order chi connectivity index (χ0) is 15.2. The van der Waals surface area contributed by atoms with E-state index in [1.165, 1.54) is 0 Å². The van der Waals surface area contributed by atoms with Gasteiger partial charge in [-0.1, -0.05) is 22.9 Å². The minimum atomic E-state index is 0.115. The molecule has 0 spiro atoms. The molecule has 1 N–H and O–H groups in total. The van der Waals surface area contributed by atoms with E-state index in [2.05, 4.69) is 39.1 Å². The van der Waals surface area contributed by atoms with Crippen molar-refractivity contribution in [3.63, 3.8) is 0 Å². The van der Waals surface area contributed by atoms with E-state index in [4.69, 9.17) is 4.74 Å². The van der Waals surface area contributed by atoms with E-state index in [0.717, 1.165) is 67.1 Å². The highest BCUT2D eigenvalue weighted by Gasteiger charge is 2.12. The van der Waals surface area contributed by atoms with Crippen LogP contribution in [0.3, 0.4) is 0 Å². The number of hydrogen-bond acceptors (Lipinski definition) is 4. The lowest BCUT2D eigenvalue weighted by Gasteiger charge is -2.26. The van der Waals surface area contributed by atoms with Crippen LogP contribution in [0.2, 0.25) is 0 Å². The van der Waals surface area contributed by atoms with Gasteiger partial charge in [-0.25, -0.2) is 0 Å². The highest BCUT2D eigenvalue weighted by molar-refractivity contribution is 9.10. The fraction of sp³-hybridized carbons (Fsp3) is 0.562. The minimum absolute atomic E-state index is 0.115. The van der Waals surface area contributed by atoms with E-state index < -0.39 is 0 Å². The molecule has 0 atom stereocenters. The normalized spacial score (nSPS) is 16.0. The molecule has 0 unspecified atom stereocenters. The van der Waals surface area contributed by atoms with Crippen LogP contribution in [0.15, 0.2) is 16.6 Å². The number of ether oxygens (including phenoxy) is 1. The third-order valence-electron chi connectivity index (χ3n) is 3.79. The minimum Gasteiger partial charge on any atom is -0.384 e. The lowest BCUT2D eigenvalue weighted by Crippen LogP contribution is -2.39. The van der Waals surface area contributed by atoms with Crippen LogP contribution in [0.5, 0.6) is 0 Å². The molecule has 4 nitrogen and oxygen atoms in total. The van der Waals surface area contributed by atoms with E-state index >= 15 is 0 Å². The largest absolute Gasteiger partial charge is 0.384 e. The zero-order valence-electron chi connectivity index (χ0n) is 12.7. The van der Waals surface area contributed by atoms with E-state index in [1.807, 2.05) is 6.07 Å². The van der Waals surface area contributed by atoms with Gasteiger partial charge in [0, 0.05) is 41.9 Å². The molecule has 0 aromatic heterocycles. The molecule has 1 aliphatic rings. The van der Waals surface area contributed by atoms with Gasteiger partial charge in [-0.05, 0) is 31.0 Å². The number of morpholine rings is 1. The molecule has 0 amide bonds. The number of Topliss-reactive ketones (excluding diaryl/α,β-unsaturated/α-hetero) is 1. The summed E-state index contributed by atoms with van der Waals surface area (Å²) in [5.74, 6) is 0.115. The molecule has 1 fully saturated rings. The summed E-state index contributed by atoms with van der Waals surface area (Å²) in [6.07, 6.45) is 0.851.